The minimum Gasteiger partial charge on any atom is -0.447 e. The summed E-state index contributed by atoms with van der Waals surface area (Å²) in [4.78, 5) is 30.6. The number of amides is 3. The van der Waals surface area contributed by atoms with Crippen LogP contribution in [0.5, 0.6) is 0 Å². The van der Waals surface area contributed by atoms with Crippen LogP contribution in [0.2, 0.25) is 5.02 Å². The van der Waals surface area contributed by atoms with Crippen molar-refractivity contribution < 1.29 is 18.7 Å². The van der Waals surface area contributed by atoms with E-state index in [2.05, 4.69) is 15.6 Å². The normalized spacial score (nSPS) is 11.6. The largest absolute Gasteiger partial charge is 0.447 e. The quantitative estimate of drug-likeness (QED) is 0.411. The molecule has 0 aliphatic carbocycles. The van der Waals surface area contributed by atoms with Crippen LogP contribution >= 0.6 is 11.6 Å². The average Bonchev–Trinajstić information content (AvgIpc) is 2.84. The van der Waals surface area contributed by atoms with E-state index in [1.807, 2.05) is 24.3 Å². The number of likely N-dealkylation sites (N-methyl/N-ethyl adjacent to an activating group) is 1. The summed E-state index contributed by atoms with van der Waals surface area (Å²) >= 11 is 5.95. The summed E-state index contributed by atoms with van der Waals surface area (Å²) in [6, 6.07) is 13.0. The van der Waals surface area contributed by atoms with Crippen LogP contribution in [0.3, 0.4) is 0 Å². The number of urea groups is 1. The Morgan fingerprint density at radius 2 is 1.97 bits per heavy atom. The molecule has 0 fully saturated rings. The minimum atomic E-state index is -0.680. The van der Waals surface area contributed by atoms with Crippen molar-refractivity contribution >= 4 is 40.3 Å². The number of hydrogen-bond acceptors (Lipinski definition) is 5. The van der Waals surface area contributed by atoms with Gasteiger partial charge in [0, 0.05) is 25.2 Å². The van der Waals surface area contributed by atoms with Crippen LogP contribution in [0.4, 0.5) is 19.8 Å². The van der Waals surface area contributed by atoms with Crippen LogP contribution in [-0.2, 0) is 11.3 Å². The lowest BCUT2D eigenvalue weighted by Crippen LogP contribution is -2.46. The van der Waals surface area contributed by atoms with Gasteiger partial charge in [-0.3, -0.25) is 5.32 Å². The van der Waals surface area contributed by atoms with E-state index in [1.165, 1.54) is 17.0 Å². The summed E-state index contributed by atoms with van der Waals surface area (Å²) in [6.45, 7) is 0.445. The van der Waals surface area contributed by atoms with Gasteiger partial charge in [-0.05, 0) is 42.5 Å². The topological polar surface area (TPSA) is 110 Å². The molecule has 180 valence electrons. The van der Waals surface area contributed by atoms with Crippen LogP contribution in [0.1, 0.15) is 18.4 Å². The molecule has 3 aromatic rings. The Balaban J connectivity index is 1.56. The van der Waals surface area contributed by atoms with Crippen molar-refractivity contribution in [2.45, 2.75) is 25.4 Å². The zero-order valence-electron chi connectivity index (χ0n) is 18.8. The number of nitrogens with zero attached hydrogens (tertiary/aromatic N) is 2. The molecule has 4 N–H and O–H groups in total. The standard InChI is InChI=1S/C24H27ClFN5O3/c1-31(23(32)29-14-18-8-4-10-20(26)22(18)25)19(9-5-11-27)15-34-24(33)30-21-12-16-6-2-3-7-17(16)13-28-21/h2-4,6-8,10,12-13,19H,5,9,11,14-15,27H2,1H3,(H,29,32)(H,28,30,33)/t19-/m0/s1. The number of nitrogens with two attached hydrogens (primary N) is 1. The summed E-state index contributed by atoms with van der Waals surface area (Å²) in [5, 5.41) is 7.17. The number of carbonyl (C=O) groups is 2. The van der Waals surface area contributed by atoms with Gasteiger partial charge in [0.25, 0.3) is 0 Å². The van der Waals surface area contributed by atoms with Crippen molar-refractivity contribution in [3.63, 3.8) is 0 Å². The van der Waals surface area contributed by atoms with E-state index in [-0.39, 0.29) is 18.2 Å². The highest BCUT2D eigenvalue weighted by Gasteiger charge is 2.22. The van der Waals surface area contributed by atoms with Crippen LogP contribution < -0.4 is 16.4 Å². The number of hydrogen-bond donors (Lipinski definition) is 3. The van der Waals surface area contributed by atoms with Crippen LogP contribution in [-0.4, -0.2) is 48.2 Å². The Morgan fingerprint density at radius 1 is 1.21 bits per heavy atom. The molecule has 1 heterocycles. The molecule has 2 aromatic carbocycles. The number of benzene rings is 2. The maximum Gasteiger partial charge on any atom is 0.412 e. The third-order valence-electron chi connectivity index (χ3n) is 5.34. The van der Waals surface area contributed by atoms with Crippen molar-refractivity contribution in [3.8, 4) is 0 Å². The monoisotopic (exact) mass is 487 g/mol. The summed E-state index contributed by atoms with van der Waals surface area (Å²) in [7, 11) is 1.59. The Morgan fingerprint density at radius 3 is 2.74 bits per heavy atom. The Hall–Kier alpha value is -3.43. The molecule has 0 aliphatic rings. The fourth-order valence-electron chi connectivity index (χ4n) is 3.35. The molecule has 0 unspecified atom stereocenters. The van der Waals surface area contributed by atoms with Gasteiger partial charge in [-0.25, -0.2) is 19.0 Å². The number of anilines is 1. The van der Waals surface area contributed by atoms with Gasteiger partial charge in [-0.2, -0.15) is 0 Å². The van der Waals surface area contributed by atoms with E-state index in [0.29, 0.717) is 30.8 Å². The maximum atomic E-state index is 13.6. The van der Waals surface area contributed by atoms with Crippen molar-refractivity contribution in [1.29, 1.82) is 0 Å². The fourth-order valence-corrected chi connectivity index (χ4v) is 3.55. The number of ether oxygens (including phenoxy) is 1. The number of pyridine rings is 1. The first kappa shape index (κ1) is 25.2. The molecule has 1 atom stereocenters. The van der Waals surface area contributed by atoms with E-state index in [4.69, 9.17) is 22.1 Å². The second-order valence-electron chi connectivity index (χ2n) is 7.71. The molecule has 1 aromatic heterocycles. The van der Waals surface area contributed by atoms with Crippen LogP contribution in [0.25, 0.3) is 10.8 Å². The van der Waals surface area contributed by atoms with Gasteiger partial charge in [0.1, 0.15) is 18.2 Å². The molecular weight excluding hydrogens is 461 g/mol. The number of halogens is 2. The molecule has 0 aliphatic heterocycles. The van der Waals surface area contributed by atoms with E-state index in [9.17, 15) is 14.0 Å². The number of nitrogens with one attached hydrogen (secondary N) is 2. The molecule has 0 saturated heterocycles. The number of fused-ring (bicyclic) bond motifs is 1. The van der Waals surface area contributed by atoms with Crippen LogP contribution in [0, 0.1) is 5.82 Å². The van der Waals surface area contributed by atoms with Crippen molar-refractivity contribution in [2.75, 3.05) is 25.5 Å². The molecule has 3 amide bonds. The average molecular weight is 488 g/mol. The zero-order valence-corrected chi connectivity index (χ0v) is 19.5. The van der Waals surface area contributed by atoms with Gasteiger partial charge >= 0.3 is 12.1 Å². The molecular formula is C24H27ClFN5O3. The van der Waals surface area contributed by atoms with E-state index in [1.54, 1.807) is 25.4 Å². The highest BCUT2D eigenvalue weighted by molar-refractivity contribution is 6.31. The molecule has 0 bridgehead atoms. The lowest BCUT2D eigenvalue weighted by atomic mass is 10.1. The van der Waals surface area contributed by atoms with Gasteiger partial charge in [-0.15, -0.1) is 0 Å². The molecule has 0 spiro atoms. The van der Waals surface area contributed by atoms with Gasteiger partial charge in [0.15, 0.2) is 0 Å². The first-order valence-corrected chi connectivity index (χ1v) is 11.2. The second kappa shape index (κ2) is 12.2. The first-order valence-electron chi connectivity index (χ1n) is 10.8. The smallest absolute Gasteiger partial charge is 0.412 e. The lowest BCUT2D eigenvalue weighted by Gasteiger charge is -2.28. The van der Waals surface area contributed by atoms with Gasteiger partial charge in [0.05, 0.1) is 11.1 Å². The molecule has 8 nitrogen and oxygen atoms in total. The zero-order chi connectivity index (χ0) is 24.5. The van der Waals surface area contributed by atoms with Crippen LogP contribution in [0.15, 0.2) is 54.7 Å². The highest BCUT2D eigenvalue weighted by atomic mass is 35.5. The summed E-state index contributed by atoms with van der Waals surface area (Å²) in [5.41, 5.74) is 6.08. The Bertz CT molecular complexity index is 1150. The molecule has 0 saturated carbocycles. The lowest BCUT2D eigenvalue weighted by molar-refractivity contribution is 0.113. The summed E-state index contributed by atoms with van der Waals surface area (Å²) in [5.74, 6) is -0.191. The third kappa shape index (κ3) is 6.79. The number of aromatic nitrogens is 1. The van der Waals surface area contributed by atoms with Crippen molar-refractivity contribution in [2.24, 2.45) is 5.73 Å². The van der Waals surface area contributed by atoms with E-state index < -0.39 is 24.0 Å². The highest BCUT2D eigenvalue weighted by Crippen LogP contribution is 2.20. The van der Waals surface area contributed by atoms with Crippen molar-refractivity contribution in [1.82, 2.24) is 15.2 Å². The minimum absolute atomic E-state index is 0.0348. The summed E-state index contributed by atoms with van der Waals surface area (Å²) in [6.07, 6.45) is 2.15. The van der Waals surface area contributed by atoms with Gasteiger partial charge in [0.2, 0.25) is 0 Å². The Kier molecular flexibility index (Phi) is 9.00. The van der Waals surface area contributed by atoms with Gasteiger partial charge < -0.3 is 20.7 Å². The predicted molar refractivity (Wildman–Crippen MR) is 130 cm³/mol. The Labute approximate surface area is 202 Å². The summed E-state index contributed by atoms with van der Waals surface area (Å²) < 4.78 is 19.0. The van der Waals surface area contributed by atoms with E-state index >= 15 is 0 Å². The van der Waals surface area contributed by atoms with Gasteiger partial charge in [-0.1, -0.05) is 48.0 Å². The number of rotatable bonds is 9. The molecule has 0 radical (unpaired) electrons. The predicted octanol–water partition coefficient (Wildman–Crippen LogP) is 4.52. The molecule has 34 heavy (non-hydrogen) atoms. The van der Waals surface area contributed by atoms with E-state index in [0.717, 1.165) is 10.8 Å². The maximum absolute atomic E-state index is 13.6. The third-order valence-corrected chi connectivity index (χ3v) is 5.76. The first-order chi connectivity index (χ1) is 16.4. The SMILES string of the molecule is CN(C(=O)NCc1cccc(F)c1Cl)[C@@H](CCCN)COC(=O)Nc1cc2ccccc2cn1. The second-order valence-corrected chi connectivity index (χ2v) is 8.09. The molecule has 10 heteroatoms. The number of carbonyl (C=O) groups excluding carboxylic acids is 2. The van der Waals surface area contributed by atoms with Crippen molar-refractivity contribution in [3.05, 3.63) is 71.1 Å². The molecule has 3 rings (SSSR count). The fraction of sp³-hybridized carbons (Fsp3) is 0.292.